The molecule has 1 aliphatic heterocycles. The molecule has 0 aliphatic carbocycles. The van der Waals surface area contributed by atoms with Crippen LogP contribution in [0.1, 0.15) is 15.2 Å². The SMILES string of the molecule is COc1ccc(C(=O)N2CC[NH+](Cc3cccs3)CC2)c(F)c1. The summed E-state index contributed by atoms with van der Waals surface area (Å²) in [5, 5.41) is 2.08. The minimum Gasteiger partial charge on any atom is -0.497 e. The van der Waals surface area contributed by atoms with Crippen LogP contribution in [0.15, 0.2) is 35.7 Å². The van der Waals surface area contributed by atoms with Crippen molar-refractivity contribution >= 4 is 17.2 Å². The topological polar surface area (TPSA) is 34.0 Å². The number of piperazine rings is 1. The Bertz CT molecular complexity index is 667. The van der Waals surface area contributed by atoms with E-state index in [0.29, 0.717) is 18.8 Å². The smallest absolute Gasteiger partial charge is 0.257 e. The Kier molecular flexibility index (Phi) is 4.93. The van der Waals surface area contributed by atoms with E-state index >= 15 is 0 Å². The Morgan fingerprint density at radius 2 is 2.13 bits per heavy atom. The second-order valence-corrected chi connectivity index (χ2v) is 6.68. The van der Waals surface area contributed by atoms with Crippen molar-refractivity contribution in [1.29, 1.82) is 0 Å². The average Bonchev–Trinajstić information content (AvgIpc) is 3.08. The van der Waals surface area contributed by atoms with Crippen LogP contribution in [0.25, 0.3) is 0 Å². The van der Waals surface area contributed by atoms with Crippen molar-refractivity contribution in [2.24, 2.45) is 0 Å². The molecule has 0 atom stereocenters. The third-order valence-electron chi connectivity index (χ3n) is 4.17. The molecule has 122 valence electrons. The quantitative estimate of drug-likeness (QED) is 0.917. The van der Waals surface area contributed by atoms with Gasteiger partial charge in [0, 0.05) is 6.07 Å². The van der Waals surface area contributed by atoms with E-state index in [9.17, 15) is 9.18 Å². The van der Waals surface area contributed by atoms with Crippen molar-refractivity contribution in [2.75, 3.05) is 33.3 Å². The number of methoxy groups -OCH3 is 1. The van der Waals surface area contributed by atoms with Crippen LogP contribution in [-0.4, -0.2) is 44.1 Å². The Morgan fingerprint density at radius 3 is 2.74 bits per heavy atom. The molecule has 6 heteroatoms. The molecule has 23 heavy (non-hydrogen) atoms. The van der Waals surface area contributed by atoms with E-state index in [1.165, 1.54) is 29.0 Å². The standard InChI is InChI=1S/C17H19FN2O2S/c1-22-13-4-5-15(16(18)11-13)17(21)20-8-6-19(7-9-20)12-14-3-2-10-23-14/h2-5,10-11H,6-9,12H2,1H3/p+1. The summed E-state index contributed by atoms with van der Waals surface area (Å²) in [6, 6.07) is 8.58. The molecule has 1 aromatic carbocycles. The first-order chi connectivity index (χ1) is 11.2. The maximum absolute atomic E-state index is 14.0. The van der Waals surface area contributed by atoms with Crippen LogP contribution in [0, 0.1) is 5.82 Å². The van der Waals surface area contributed by atoms with Crippen molar-refractivity contribution < 1.29 is 18.8 Å². The van der Waals surface area contributed by atoms with Crippen LogP contribution in [0.2, 0.25) is 0 Å². The van der Waals surface area contributed by atoms with Crippen LogP contribution in [0.5, 0.6) is 5.75 Å². The minimum absolute atomic E-state index is 0.118. The Balaban J connectivity index is 1.60. The first kappa shape index (κ1) is 16.0. The molecule has 1 saturated heterocycles. The summed E-state index contributed by atoms with van der Waals surface area (Å²) >= 11 is 1.76. The number of carbonyl (C=O) groups is 1. The number of halogens is 1. The zero-order chi connectivity index (χ0) is 16.2. The van der Waals surface area contributed by atoms with Gasteiger partial charge in [-0.1, -0.05) is 6.07 Å². The van der Waals surface area contributed by atoms with Crippen LogP contribution in [0.3, 0.4) is 0 Å². The summed E-state index contributed by atoms with van der Waals surface area (Å²) < 4.78 is 19.0. The Labute approximate surface area is 139 Å². The second-order valence-electron chi connectivity index (χ2n) is 5.64. The molecule has 0 bridgehead atoms. The van der Waals surface area contributed by atoms with E-state index in [4.69, 9.17) is 4.74 Å². The van der Waals surface area contributed by atoms with Crippen LogP contribution in [0.4, 0.5) is 4.39 Å². The van der Waals surface area contributed by atoms with Crippen LogP contribution < -0.4 is 9.64 Å². The first-order valence-corrected chi connectivity index (χ1v) is 8.54. The van der Waals surface area contributed by atoms with Crippen molar-refractivity contribution in [2.45, 2.75) is 6.54 Å². The van der Waals surface area contributed by atoms with Gasteiger partial charge in [-0.3, -0.25) is 4.79 Å². The van der Waals surface area contributed by atoms with Gasteiger partial charge in [-0.05, 0) is 23.6 Å². The van der Waals surface area contributed by atoms with Crippen molar-refractivity contribution in [3.63, 3.8) is 0 Å². The predicted octanol–water partition coefficient (Wildman–Crippen LogP) is 1.44. The summed E-state index contributed by atoms with van der Waals surface area (Å²) in [5.74, 6) is -0.340. The summed E-state index contributed by atoms with van der Waals surface area (Å²) in [6.07, 6.45) is 0. The van der Waals surface area contributed by atoms with E-state index in [1.807, 2.05) is 0 Å². The molecule has 0 unspecified atom stereocenters. The lowest BCUT2D eigenvalue weighted by atomic mass is 10.1. The van der Waals surface area contributed by atoms with Crippen molar-refractivity contribution in [3.8, 4) is 5.75 Å². The van der Waals surface area contributed by atoms with Gasteiger partial charge in [0.2, 0.25) is 0 Å². The third-order valence-corrected chi connectivity index (χ3v) is 5.05. The number of hydrogen-bond acceptors (Lipinski definition) is 3. The predicted molar refractivity (Wildman–Crippen MR) is 87.6 cm³/mol. The Hall–Kier alpha value is -1.92. The normalized spacial score (nSPS) is 15.7. The largest absolute Gasteiger partial charge is 0.497 e. The molecule has 1 fully saturated rings. The fourth-order valence-corrected chi connectivity index (χ4v) is 3.61. The fraction of sp³-hybridized carbons (Fsp3) is 0.353. The summed E-state index contributed by atoms with van der Waals surface area (Å²) in [7, 11) is 1.48. The molecule has 1 amide bonds. The van der Waals surface area contributed by atoms with E-state index in [-0.39, 0.29) is 11.5 Å². The van der Waals surface area contributed by atoms with Gasteiger partial charge in [-0.25, -0.2) is 4.39 Å². The lowest BCUT2D eigenvalue weighted by Crippen LogP contribution is -3.13. The molecular formula is C17H20FN2O2S+. The number of carbonyl (C=O) groups excluding carboxylic acids is 1. The van der Waals surface area contributed by atoms with Crippen LogP contribution >= 0.6 is 11.3 Å². The number of hydrogen-bond donors (Lipinski definition) is 1. The number of rotatable bonds is 4. The van der Waals surface area contributed by atoms with Gasteiger partial charge in [0.05, 0.1) is 43.7 Å². The van der Waals surface area contributed by atoms with Crippen molar-refractivity contribution in [3.05, 3.63) is 52.0 Å². The zero-order valence-electron chi connectivity index (χ0n) is 13.0. The van der Waals surface area contributed by atoms with Gasteiger partial charge in [-0.2, -0.15) is 0 Å². The third kappa shape index (κ3) is 3.71. The lowest BCUT2D eigenvalue weighted by molar-refractivity contribution is -0.917. The van der Waals surface area contributed by atoms with Gasteiger partial charge in [-0.15, -0.1) is 11.3 Å². The molecule has 0 spiro atoms. The van der Waals surface area contributed by atoms with Gasteiger partial charge >= 0.3 is 0 Å². The Morgan fingerprint density at radius 1 is 1.35 bits per heavy atom. The van der Waals surface area contributed by atoms with Gasteiger partial charge in [0.1, 0.15) is 18.1 Å². The lowest BCUT2D eigenvalue weighted by Gasteiger charge is -2.32. The molecular weight excluding hydrogens is 315 g/mol. The molecule has 0 saturated carbocycles. The van der Waals surface area contributed by atoms with Crippen molar-refractivity contribution in [1.82, 2.24) is 4.90 Å². The maximum atomic E-state index is 14.0. The van der Waals surface area contributed by atoms with Gasteiger partial charge in [0.15, 0.2) is 0 Å². The minimum atomic E-state index is -0.525. The number of thiophene rings is 1. The number of amides is 1. The molecule has 2 heterocycles. The molecule has 3 rings (SSSR count). The van der Waals surface area contributed by atoms with E-state index in [1.54, 1.807) is 22.3 Å². The van der Waals surface area contributed by atoms with Crippen LogP contribution in [-0.2, 0) is 6.54 Å². The zero-order valence-corrected chi connectivity index (χ0v) is 13.9. The average molecular weight is 335 g/mol. The molecule has 0 radical (unpaired) electrons. The van der Waals surface area contributed by atoms with E-state index in [2.05, 4.69) is 17.5 Å². The fourth-order valence-electron chi connectivity index (χ4n) is 2.83. The van der Waals surface area contributed by atoms with Gasteiger partial charge in [0.25, 0.3) is 5.91 Å². The molecule has 1 N–H and O–H groups in total. The van der Waals surface area contributed by atoms with Gasteiger partial charge < -0.3 is 14.5 Å². The highest BCUT2D eigenvalue weighted by Crippen LogP contribution is 2.18. The monoisotopic (exact) mass is 335 g/mol. The summed E-state index contributed by atoms with van der Waals surface area (Å²) in [6.45, 7) is 4.09. The highest BCUT2D eigenvalue weighted by molar-refractivity contribution is 7.09. The molecule has 2 aromatic rings. The van der Waals surface area contributed by atoms with E-state index < -0.39 is 5.82 Å². The summed E-state index contributed by atoms with van der Waals surface area (Å²) in [5.41, 5.74) is 0.118. The number of benzene rings is 1. The summed E-state index contributed by atoms with van der Waals surface area (Å²) in [4.78, 5) is 17.0. The second kappa shape index (κ2) is 7.10. The highest BCUT2D eigenvalue weighted by Gasteiger charge is 2.26. The number of nitrogens with one attached hydrogen (secondary N) is 1. The molecule has 1 aliphatic rings. The highest BCUT2D eigenvalue weighted by atomic mass is 32.1. The molecule has 1 aromatic heterocycles. The number of quaternary nitrogens is 1. The van der Waals surface area contributed by atoms with E-state index in [0.717, 1.165) is 19.6 Å². The number of nitrogens with zero attached hydrogens (tertiary/aromatic N) is 1. The number of ether oxygens (including phenoxy) is 1. The maximum Gasteiger partial charge on any atom is 0.257 e. The first-order valence-electron chi connectivity index (χ1n) is 7.66. The molecule has 4 nitrogen and oxygen atoms in total.